The lowest BCUT2D eigenvalue weighted by molar-refractivity contribution is -0.242. The van der Waals surface area contributed by atoms with Gasteiger partial charge in [-0.3, -0.25) is 14.4 Å². The summed E-state index contributed by atoms with van der Waals surface area (Å²) in [5, 5.41) is 0. The number of hydrogen-bond acceptors (Lipinski definition) is 6. The SMILES string of the molecule is C=C(C)[C@@H]1CC(=O)C2=C(C(=O)C[C@]34CO[C@@]5(CC)CC[C@](C)(O5)[C@H]3CC[C@@]24C)[C@@]1(C)CCC(=O)OC. The molecule has 3 fully saturated rings. The summed E-state index contributed by atoms with van der Waals surface area (Å²) in [6.07, 6.45) is 5.64. The average Bonchev–Trinajstić information content (AvgIpc) is 3.30. The molecule has 0 radical (unpaired) electrons. The number of Topliss-reactive ketones (excluding diaryl/α,β-unsaturated/α-hetero) is 2. The summed E-state index contributed by atoms with van der Waals surface area (Å²) in [5.41, 5.74) is 0.288. The normalized spacial score (nSPS) is 45.6. The highest BCUT2D eigenvalue weighted by Gasteiger charge is 2.72. The van der Waals surface area contributed by atoms with Gasteiger partial charge in [-0.05, 0) is 57.8 Å². The van der Waals surface area contributed by atoms with Crippen LogP contribution in [-0.4, -0.2) is 42.6 Å². The average molecular weight is 499 g/mol. The largest absolute Gasteiger partial charge is 0.469 e. The zero-order valence-electron chi connectivity index (χ0n) is 22.9. The van der Waals surface area contributed by atoms with Gasteiger partial charge in [-0.2, -0.15) is 0 Å². The molecule has 2 aliphatic heterocycles. The van der Waals surface area contributed by atoms with Crippen LogP contribution in [0.2, 0.25) is 0 Å². The fraction of sp³-hybridized carbons (Fsp3) is 0.767. The predicted octanol–water partition coefficient (Wildman–Crippen LogP) is 5.49. The van der Waals surface area contributed by atoms with Crippen LogP contribution in [-0.2, 0) is 28.6 Å². The molecule has 0 aromatic carbocycles. The van der Waals surface area contributed by atoms with E-state index in [4.69, 9.17) is 14.2 Å². The molecule has 6 heteroatoms. The van der Waals surface area contributed by atoms with Crippen LogP contribution < -0.4 is 0 Å². The second-order valence-electron chi connectivity index (χ2n) is 12.9. The molecular formula is C30H42O6. The molecular weight excluding hydrogens is 456 g/mol. The van der Waals surface area contributed by atoms with Gasteiger partial charge < -0.3 is 14.2 Å². The molecule has 1 spiro atoms. The van der Waals surface area contributed by atoms with Gasteiger partial charge in [-0.1, -0.05) is 32.9 Å². The molecule has 36 heavy (non-hydrogen) atoms. The molecule has 3 aliphatic carbocycles. The van der Waals surface area contributed by atoms with Gasteiger partial charge in [-0.25, -0.2) is 0 Å². The molecule has 2 bridgehead atoms. The highest BCUT2D eigenvalue weighted by Crippen LogP contribution is 2.73. The van der Waals surface area contributed by atoms with E-state index in [9.17, 15) is 14.4 Å². The van der Waals surface area contributed by atoms with E-state index in [0.29, 0.717) is 37.0 Å². The number of hydrogen-bond donors (Lipinski definition) is 0. The van der Waals surface area contributed by atoms with Crippen molar-refractivity contribution < 1.29 is 28.6 Å². The van der Waals surface area contributed by atoms with Gasteiger partial charge in [0.2, 0.25) is 0 Å². The highest BCUT2D eigenvalue weighted by molar-refractivity contribution is 6.11. The van der Waals surface area contributed by atoms with Gasteiger partial charge in [0.25, 0.3) is 0 Å². The van der Waals surface area contributed by atoms with E-state index in [2.05, 4.69) is 34.3 Å². The Bertz CT molecular complexity index is 1070. The first kappa shape index (κ1) is 25.8. The van der Waals surface area contributed by atoms with E-state index in [1.54, 1.807) is 0 Å². The van der Waals surface area contributed by atoms with Crippen LogP contribution in [0.3, 0.4) is 0 Å². The van der Waals surface area contributed by atoms with Crippen molar-refractivity contribution >= 4 is 17.5 Å². The number of methoxy groups -OCH3 is 1. The highest BCUT2D eigenvalue weighted by atomic mass is 16.7. The lowest BCUT2D eigenvalue weighted by Gasteiger charge is -2.57. The first-order valence-electron chi connectivity index (χ1n) is 13.7. The summed E-state index contributed by atoms with van der Waals surface area (Å²) in [6, 6.07) is 0. The molecule has 0 unspecified atom stereocenters. The molecule has 2 saturated heterocycles. The molecule has 0 aromatic rings. The van der Waals surface area contributed by atoms with Crippen LogP contribution >= 0.6 is 0 Å². The number of carbonyl (C=O) groups excluding carboxylic acids is 3. The summed E-state index contributed by atoms with van der Waals surface area (Å²) in [5.74, 6) is -0.824. The van der Waals surface area contributed by atoms with E-state index in [-0.39, 0.29) is 41.4 Å². The van der Waals surface area contributed by atoms with E-state index >= 15 is 0 Å². The fourth-order valence-corrected chi connectivity index (χ4v) is 9.17. The lowest BCUT2D eigenvalue weighted by Crippen LogP contribution is -2.58. The summed E-state index contributed by atoms with van der Waals surface area (Å²) >= 11 is 0. The summed E-state index contributed by atoms with van der Waals surface area (Å²) in [4.78, 5) is 40.5. The quantitative estimate of drug-likeness (QED) is 0.368. The zero-order valence-corrected chi connectivity index (χ0v) is 22.9. The maximum absolute atomic E-state index is 14.3. The van der Waals surface area contributed by atoms with Gasteiger partial charge in [0.15, 0.2) is 17.4 Å². The third-order valence-electron chi connectivity index (χ3n) is 11.2. The summed E-state index contributed by atoms with van der Waals surface area (Å²) in [7, 11) is 1.39. The van der Waals surface area contributed by atoms with Crippen molar-refractivity contribution in [3.63, 3.8) is 0 Å². The Morgan fingerprint density at radius 2 is 1.83 bits per heavy atom. The van der Waals surface area contributed by atoms with Crippen molar-refractivity contribution in [2.45, 2.75) is 104 Å². The van der Waals surface area contributed by atoms with Crippen molar-refractivity contribution in [1.29, 1.82) is 0 Å². The second-order valence-corrected chi connectivity index (χ2v) is 12.9. The van der Waals surface area contributed by atoms with E-state index < -0.39 is 22.0 Å². The monoisotopic (exact) mass is 498 g/mol. The third kappa shape index (κ3) is 3.19. The van der Waals surface area contributed by atoms with Gasteiger partial charge in [0.1, 0.15) is 0 Å². The molecule has 7 atom stereocenters. The van der Waals surface area contributed by atoms with Crippen LogP contribution in [0.15, 0.2) is 23.3 Å². The summed E-state index contributed by atoms with van der Waals surface area (Å²) < 4.78 is 18.3. The molecule has 0 N–H and O–H groups in total. The Morgan fingerprint density at radius 1 is 1.11 bits per heavy atom. The summed E-state index contributed by atoms with van der Waals surface area (Å²) in [6.45, 7) is 15.1. The van der Waals surface area contributed by atoms with Gasteiger partial charge in [-0.15, -0.1) is 0 Å². The molecule has 6 nitrogen and oxygen atoms in total. The van der Waals surface area contributed by atoms with E-state index in [0.717, 1.165) is 37.7 Å². The molecule has 5 rings (SSSR count). The Balaban J connectivity index is 1.67. The minimum Gasteiger partial charge on any atom is -0.469 e. The van der Waals surface area contributed by atoms with Crippen LogP contribution in [0, 0.1) is 28.1 Å². The van der Waals surface area contributed by atoms with E-state index in [1.807, 2.05) is 6.92 Å². The van der Waals surface area contributed by atoms with Crippen LogP contribution in [0.5, 0.6) is 0 Å². The van der Waals surface area contributed by atoms with Crippen molar-refractivity contribution in [2.75, 3.05) is 13.7 Å². The predicted molar refractivity (Wildman–Crippen MR) is 135 cm³/mol. The standard InChI is InChI=1S/C30H42O6/c1-8-30-14-13-28(6,36-30)22-9-12-27(5)25-20(31)15-19(18(2)3)26(4,11-10-23(33)34-7)24(25)21(32)16-29(22,27)17-35-30/h19,22H,2,8-17H2,1,3-7H3/t19-,22+,26-,27-,28-,29-,30+/m0/s1. The van der Waals surface area contributed by atoms with Crippen molar-refractivity contribution in [3.8, 4) is 0 Å². The molecule has 5 aliphatic rings. The van der Waals surface area contributed by atoms with Gasteiger partial charge >= 0.3 is 5.97 Å². The Hall–Kier alpha value is -1.79. The number of rotatable bonds is 5. The number of esters is 1. The number of carbonyl (C=O) groups is 3. The Labute approximate surface area is 215 Å². The lowest BCUT2D eigenvalue weighted by atomic mass is 9.45. The number of ether oxygens (including phenoxy) is 3. The third-order valence-corrected chi connectivity index (χ3v) is 11.2. The molecule has 0 amide bonds. The van der Waals surface area contributed by atoms with Crippen molar-refractivity contribution in [3.05, 3.63) is 23.3 Å². The first-order chi connectivity index (χ1) is 16.8. The fourth-order valence-electron chi connectivity index (χ4n) is 9.17. The number of allylic oxidation sites excluding steroid dienone is 3. The van der Waals surface area contributed by atoms with E-state index in [1.165, 1.54) is 7.11 Å². The molecule has 2 heterocycles. The topological polar surface area (TPSA) is 78.9 Å². The molecule has 0 aromatic heterocycles. The minimum atomic E-state index is -0.640. The minimum absolute atomic E-state index is 0.0385. The Kier molecular flexibility index (Phi) is 5.82. The molecule has 198 valence electrons. The Morgan fingerprint density at radius 3 is 2.47 bits per heavy atom. The van der Waals surface area contributed by atoms with Gasteiger partial charge in [0.05, 0.1) is 19.3 Å². The van der Waals surface area contributed by atoms with Crippen molar-refractivity contribution in [2.24, 2.45) is 28.1 Å². The van der Waals surface area contributed by atoms with Crippen LogP contribution in [0.1, 0.15) is 92.4 Å². The maximum Gasteiger partial charge on any atom is 0.305 e. The van der Waals surface area contributed by atoms with Crippen LogP contribution in [0.4, 0.5) is 0 Å². The van der Waals surface area contributed by atoms with Gasteiger partial charge in [0, 0.05) is 53.1 Å². The zero-order chi connectivity index (χ0) is 26.3. The van der Waals surface area contributed by atoms with Crippen molar-refractivity contribution in [1.82, 2.24) is 0 Å². The van der Waals surface area contributed by atoms with Crippen LogP contribution in [0.25, 0.3) is 0 Å². The maximum atomic E-state index is 14.3. The first-order valence-corrected chi connectivity index (χ1v) is 13.7. The number of ketones is 2. The molecule has 1 saturated carbocycles. The number of fused-ring (bicyclic) bond motifs is 4. The smallest absolute Gasteiger partial charge is 0.305 e. The second kappa shape index (κ2) is 8.10.